The van der Waals surface area contributed by atoms with Crippen LogP contribution in [0.25, 0.3) is 0 Å². The Labute approximate surface area is 77.4 Å². The molecule has 0 radical (unpaired) electrons. The monoisotopic (exact) mass is 166 g/mol. The first-order valence-corrected chi connectivity index (χ1v) is 4.98. The Morgan fingerprint density at radius 1 is 1.08 bits per heavy atom. The second-order valence-electron chi connectivity index (χ2n) is 3.47. The Bertz CT molecular complexity index is 161. The molecule has 0 fully saturated rings. The molecule has 0 amide bonds. The molecule has 0 aromatic carbocycles. The Hall–Kier alpha value is -0.520. The van der Waals surface area contributed by atoms with Gasteiger partial charge in [-0.15, -0.1) is 0 Å². The topological polar surface area (TPSA) is 0 Å². The molecule has 0 heteroatoms. The lowest BCUT2D eigenvalue weighted by Gasteiger charge is -1.99. The van der Waals surface area contributed by atoms with Gasteiger partial charge in [0.2, 0.25) is 0 Å². The third kappa shape index (κ3) is 6.21. The highest BCUT2D eigenvalue weighted by atomic mass is 13.9. The van der Waals surface area contributed by atoms with Crippen LogP contribution in [0.1, 0.15) is 53.4 Å². The van der Waals surface area contributed by atoms with E-state index in [1.165, 1.54) is 31.3 Å². The maximum atomic E-state index is 2.37. The summed E-state index contributed by atoms with van der Waals surface area (Å²) in [6.45, 7) is 8.77. The van der Waals surface area contributed by atoms with E-state index in [9.17, 15) is 0 Å². The SMILES string of the molecule is C/C=C(\C)CC/C=C(\C)CCC. The van der Waals surface area contributed by atoms with Gasteiger partial charge in [-0.2, -0.15) is 0 Å². The molecule has 0 spiro atoms. The van der Waals surface area contributed by atoms with E-state index >= 15 is 0 Å². The van der Waals surface area contributed by atoms with E-state index in [1.807, 2.05) is 0 Å². The first-order valence-electron chi connectivity index (χ1n) is 4.98. The normalized spacial score (nSPS) is 13.7. The summed E-state index contributed by atoms with van der Waals surface area (Å²) in [6, 6.07) is 0. The van der Waals surface area contributed by atoms with Gasteiger partial charge in [-0.3, -0.25) is 0 Å². The lowest BCUT2D eigenvalue weighted by atomic mass is 10.1. The molecule has 0 saturated heterocycles. The van der Waals surface area contributed by atoms with E-state index in [-0.39, 0.29) is 0 Å². The second-order valence-corrected chi connectivity index (χ2v) is 3.47. The van der Waals surface area contributed by atoms with E-state index in [4.69, 9.17) is 0 Å². The van der Waals surface area contributed by atoms with Crippen molar-refractivity contribution in [1.29, 1.82) is 0 Å². The highest BCUT2D eigenvalue weighted by Crippen LogP contribution is 2.09. The largest absolute Gasteiger partial charge is 0.0887 e. The average molecular weight is 166 g/mol. The third-order valence-corrected chi connectivity index (χ3v) is 2.17. The highest BCUT2D eigenvalue weighted by molar-refractivity contribution is 5.02. The van der Waals surface area contributed by atoms with Gasteiger partial charge in [0, 0.05) is 0 Å². The van der Waals surface area contributed by atoms with Crippen molar-refractivity contribution in [3.63, 3.8) is 0 Å². The molecule has 0 aliphatic rings. The van der Waals surface area contributed by atoms with Crippen molar-refractivity contribution in [2.24, 2.45) is 0 Å². The molecule has 0 N–H and O–H groups in total. The predicted molar refractivity (Wildman–Crippen MR) is 57.3 cm³/mol. The predicted octanol–water partition coefficient (Wildman–Crippen LogP) is 4.48. The number of hydrogen-bond acceptors (Lipinski definition) is 0. The van der Waals surface area contributed by atoms with Gasteiger partial charge in [-0.25, -0.2) is 0 Å². The molecule has 0 atom stereocenters. The van der Waals surface area contributed by atoms with Crippen LogP contribution in [0.3, 0.4) is 0 Å². The molecule has 0 saturated carbocycles. The summed E-state index contributed by atoms with van der Waals surface area (Å²) in [5.74, 6) is 0. The van der Waals surface area contributed by atoms with Crippen LogP contribution in [-0.2, 0) is 0 Å². The molecule has 0 aliphatic carbocycles. The molecule has 70 valence electrons. The molecule has 0 nitrogen and oxygen atoms in total. The summed E-state index contributed by atoms with van der Waals surface area (Å²) in [6.07, 6.45) is 9.53. The first-order chi connectivity index (χ1) is 5.70. The Morgan fingerprint density at radius 3 is 2.25 bits per heavy atom. The van der Waals surface area contributed by atoms with E-state index < -0.39 is 0 Å². The van der Waals surface area contributed by atoms with Crippen molar-refractivity contribution in [3.05, 3.63) is 23.3 Å². The first kappa shape index (κ1) is 11.5. The van der Waals surface area contributed by atoms with Gasteiger partial charge < -0.3 is 0 Å². The smallest absolute Gasteiger partial charge is 0.0288 e. The van der Waals surface area contributed by atoms with E-state index in [0.29, 0.717) is 0 Å². The molecule has 0 aromatic heterocycles. The zero-order valence-corrected chi connectivity index (χ0v) is 8.98. The average Bonchev–Trinajstić information content (AvgIpc) is 2.04. The summed E-state index contributed by atoms with van der Waals surface area (Å²) >= 11 is 0. The van der Waals surface area contributed by atoms with E-state index in [0.717, 1.165) is 0 Å². The quantitative estimate of drug-likeness (QED) is 0.528. The number of hydrogen-bond donors (Lipinski definition) is 0. The molecular formula is C12H22. The molecule has 0 unspecified atom stereocenters. The molecule has 0 rings (SSSR count). The van der Waals surface area contributed by atoms with Crippen LogP contribution in [-0.4, -0.2) is 0 Å². The molecular weight excluding hydrogens is 144 g/mol. The van der Waals surface area contributed by atoms with Gasteiger partial charge >= 0.3 is 0 Å². The van der Waals surface area contributed by atoms with Crippen LogP contribution in [0.5, 0.6) is 0 Å². The lowest BCUT2D eigenvalue weighted by molar-refractivity contribution is 0.881. The third-order valence-electron chi connectivity index (χ3n) is 2.17. The molecule has 0 heterocycles. The second kappa shape index (κ2) is 7.15. The van der Waals surface area contributed by atoms with Crippen LogP contribution in [0.15, 0.2) is 23.3 Å². The van der Waals surface area contributed by atoms with E-state index in [1.54, 1.807) is 5.57 Å². The summed E-state index contributed by atoms with van der Waals surface area (Å²) < 4.78 is 0. The van der Waals surface area contributed by atoms with Gasteiger partial charge in [-0.05, 0) is 40.0 Å². The Morgan fingerprint density at radius 2 is 1.75 bits per heavy atom. The standard InChI is InChI=1S/C12H22/c1-5-8-12(4)10-7-9-11(3)6-2/h6,10H,5,7-9H2,1-4H3/b11-6+,12-10+. The van der Waals surface area contributed by atoms with E-state index in [2.05, 4.69) is 39.8 Å². The highest BCUT2D eigenvalue weighted by Gasteiger charge is 1.88. The van der Waals surface area contributed by atoms with Crippen LogP contribution < -0.4 is 0 Å². The summed E-state index contributed by atoms with van der Waals surface area (Å²) in [7, 11) is 0. The zero-order valence-electron chi connectivity index (χ0n) is 8.98. The van der Waals surface area contributed by atoms with Crippen molar-refractivity contribution < 1.29 is 0 Å². The summed E-state index contributed by atoms with van der Waals surface area (Å²) in [4.78, 5) is 0. The number of allylic oxidation sites excluding steroid dienone is 4. The van der Waals surface area contributed by atoms with Gasteiger partial charge in [0.1, 0.15) is 0 Å². The minimum atomic E-state index is 1.21. The van der Waals surface area contributed by atoms with Crippen molar-refractivity contribution >= 4 is 0 Å². The fourth-order valence-corrected chi connectivity index (χ4v) is 1.19. The summed E-state index contributed by atoms with van der Waals surface area (Å²) in [5, 5.41) is 0. The van der Waals surface area contributed by atoms with Gasteiger partial charge in [0.15, 0.2) is 0 Å². The van der Waals surface area contributed by atoms with Crippen molar-refractivity contribution in [2.45, 2.75) is 53.4 Å². The van der Waals surface area contributed by atoms with Crippen LogP contribution >= 0.6 is 0 Å². The van der Waals surface area contributed by atoms with Crippen molar-refractivity contribution in [1.82, 2.24) is 0 Å². The minimum absolute atomic E-state index is 1.21. The van der Waals surface area contributed by atoms with Crippen LogP contribution in [0.4, 0.5) is 0 Å². The van der Waals surface area contributed by atoms with Crippen molar-refractivity contribution in [3.8, 4) is 0 Å². The van der Waals surface area contributed by atoms with Gasteiger partial charge in [0.25, 0.3) is 0 Å². The summed E-state index contributed by atoms with van der Waals surface area (Å²) in [5.41, 5.74) is 3.04. The maximum Gasteiger partial charge on any atom is -0.0288 e. The fourth-order valence-electron chi connectivity index (χ4n) is 1.19. The zero-order chi connectivity index (χ0) is 9.40. The fraction of sp³-hybridized carbons (Fsp3) is 0.667. The molecule has 0 aromatic rings. The lowest BCUT2D eigenvalue weighted by Crippen LogP contribution is -1.78. The molecule has 0 bridgehead atoms. The Balaban J connectivity index is 3.59. The van der Waals surface area contributed by atoms with Crippen LogP contribution in [0, 0.1) is 0 Å². The molecule has 0 aliphatic heterocycles. The van der Waals surface area contributed by atoms with Gasteiger partial charge in [-0.1, -0.05) is 36.6 Å². The molecule has 12 heavy (non-hydrogen) atoms. The minimum Gasteiger partial charge on any atom is -0.0887 e. The van der Waals surface area contributed by atoms with Gasteiger partial charge in [0.05, 0.1) is 0 Å². The van der Waals surface area contributed by atoms with Crippen molar-refractivity contribution in [2.75, 3.05) is 0 Å². The Kier molecular flexibility index (Phi) is 6.84. The number of rotatable bonds is 5. The maximum absolute atomic E-state index is 2.37. The van der Waals surface area contributed by atoms with Crippen LogP contribution in [0.2, 0.25) is 0 Å².